The van der Waals surface area contributed by atoms with Gasteiger partial charge in [0.1, 0.15) is 11.5 Å². The maximum absolute atomic E-state index is 10.3. The predicted molar refractivity (Wildman–Crippen MR) is 121 cm³/mol. The van der Waals surface area contributed by atoms with Crippen molar-refractivity contribution in [3.63, 3.8) is 0 Å². The van der Waals surface area contributed by atoms with Crippen molar-refractivity contribution >= 4 is 0 Å². The Kier molecular flexibility index (Phi) is 9.68. The van der Waals surface area contributed by atoms with Crippen LogP contribution in [0.3, 0.4) is 0 Å². The van der Waals surface area contributed by atoms with Gasteiger partial charge in [0.25, 0.3) is 0 Å². The van der Waals surface area contributed by atoms with Crippen LogP contribution >= 0.6 is 0 Å². The number of phenolic OH excluding ortho intramolecular Hbond substituents is 1. The molecule has 1 N–H and O–H groups in total. The molecule has 160 valence electrons. The molecule has 0 fully saturated rings. The Bertz CT molecular complexity index is 603. The van der Waals surface area contributed by atoms with Crippen LogP contribution < -0.4 is 4.74 Å². The maximum atomic E-state index is 10.3. The molecule has 2 rings (SSSR count). The molecule has 1 aromatic carbocycles. The van der Waals surface area contributed by atoms with Gasteiger partial charge in [-0.15, -0.1) is 0 Å². The van der Waals surface area contributed by atoms with Gasteiger partial charge in [-0.05, 0) is 69.1 Å². The monoisotopic (exact) mass is 388 g/mol. The van der Waals surface area contributed by atoms with Crippen LogP contribution in [0.1, 0.15) is 113 Å². The summed E-state index contributed by atoms with van der Waals surface area (Å²) < 4.78 is 6.37. The molecular weight excluding hydrogens is 344 g/mol. The fraction of sp³-hybridized carbons (Fsp3) is 0.769. The van der Waals surface area contributed by atoms with Crippen molar-refractivity contribution in [2.75, 3.05) is 0 Å². The standard InChI is InChI=1S/C26H44O2/c1-19(2)15-13-11-9-7-6-8-10-12-14-16-23-17-18-24-22(5)25(27)20(3)21(4)26(24)28-23/h19,23,27H,6-18H2,1-5H3/t23-/m1/s1. The average molecular weight is 389 g/mol. The zero-order valence-corrected chi connectivity index (χ0v) is 19.2. The Hall–Kier alpha value is -1.18. The second-order valence-corrected chi connectivity index (χ2v) is 9.46. The molecule has 1 aliphatic heterocycles. The molecule has 28 heavy (non-hydrogen) atoms. The molecule has 2 nitrogen and oxygen atoms in total. The van der Waals surface area contributed by atoms with Crippen molar-refractivity contribution in [1.82, 2.24) is 0 Å². The van der Waals surface area contributed by atoms with E-state index in [9.17, 15) is 5.11 Å². The number of hydrogen-bond acceptors (Lipinski definition) is 2. The number of phenols is 1. The summed E-state index contributed by atoms with van der Waals surface area (Å²) in [5.41, 5.74) is 4.34. The highest BCUT2D eigenvalue weighted by molar-refractivity contribution is 5.58. The molecular formula is C26H44O2. The third-order valence-electron chi connectivity index (χ3n) is 6.65. The van der Waals surface area contributed by atoms with Gasteiger partial charge in [0.05, 0.1) is 6.10 Å². The first-order chi connectivity index (χ1) is 13.4. The minimum Gasteiger partial charge on any atom is -0.507 e. The Morgan fingerprint density at radius 2 is 1.39 bits per heavy atom. The molecule has 0 spiro atoms. The van der Waals surface area contributed by atoms with E-state index in [1.54, 1.807) is 0 Å². The summed E-state index contributed by atoms with van der Waals surface area (Å²) in [6.45, 7) is 10.7. The number of unbranched alkanes of at least 4 members (excludes halogenated alkanes) is 8. The van der Waals surface area contributed by atoms with Crippen LogP contribution in [0.25, 0.3) is 0 Å². The Labute approximate surface area is 174 Å². The van der Waals surface area contributed by atoms with Crippen LogP contribution in [0.4, 0.5) is 0 Å². The van der Waals surface area contributed by atoms with Gasteiger partial charge in [0.15, 0.2) is 0 Å². The summed E-state index contributed by atoms with van der Waals surface area (Å²) in [7, 11) is 0. The first-order valence-electron chi connectivity index (χ1n) is 11.9. The van der Waals surface area contributed by atoms with Gasteiger partial charge >= 0.3 is 0 Å². The summed E-state index contributed by atoms with van der Waals surface area (Å²) >= 11 is 0. The number of benzene rings is 1. The normalized spacial score (nSPS) is 16.3. The molecule has 0 saturated heterocycles. The Morgan fingerprint density at radius 3 is 2.00 bits per heavy atom. The van der Waals surface area contributed by atoms with Crippen LogP contribution in [0, 0.1) is 26.7 Å². The van der Waals surface area contributed by atoms with E-state index in [0.717, 1.165) is 41.2 Å². The lowest BCUT2D eigenvalue weighted by Crippen LogP contribution is -2.24. The fourth-order valence-electron chi connectivity index (χ4n) is 4.53. The van der Waals surface area contributed by atoms with Crippen molar-refractivity contribution in [1.29, 1.82) is 0 Å². The highest BCUT2D eigenvalue weighted by atomic mass is 16.5. The number of rotatable bonds is 12. The molecule has 0 bridgehead atoms. The quantitative estimate of drug-likeness (QED) is 0.368. The second-order valence-electron chi connectivity index (χ2n) is 9.46. The maximum Gasteiger partial charge on any atom is 0.126 e. The summed E-state index contributed by atoms with van der Waals surface area (Å²) in [5.74, 6) is 2.38. The van der Waals surface area contributed by atoms with Gasteiger partial charge in [0, 0.05) is 5.56 Å². The summed E-state index contributed by atoms with van der Waals surface area (Å²) in [4.78, 5) is 0. The molecule has 0 unspecified atom stereocenters. The minimum atomic E-state index is 0.357. The van der Waals surface area contributed by atoms with Gasteiger partial charge in [-0.2, -0.15) is 0 Å². The molecule has 0 amide bonds. The van der Waals surface area contributed by atoms with E-state index in [-0.39, 0.29) is 0 Å². The van der Waals surface area contributed by atoms with Crippen molar-refractivity contribution in [3.05, 3.63) is 22.3 Å². The van der Waals surface area contributed by atoms with E-state index >= 15 is 0 Å². The van der Waals surface area contributed by atoms with Gasteiger partial charge in [-0.25, -0.2) is 0 Å². The first kappa shape index (κ1) is 23.1. The summed E-state index contributed by atoms with van der Waals surface area (Å²) in [5, 5.41) is 10.3. The highest BCUT2D eigenvalue weighted by Gasteiger charge is 2.25. The van der Waals surface area contributed by atoms with Gasteiger partial charge in [0.2, 0.25) is 0 Å². The van der Waals surface area contributed by atoms with Crippen molar-refractivity contribution in [2.24, 2.45) is 5.92 Å². The molecule has 1 heterocycles. The average Bonchev–Trinajstić information content (AvgIpc) is 2.68. The fourth-order valence-corrected chi connectivity index (χ4v) is 4.53. The number of aromatic hydroxyl groups is 1. The van der Waals surface area contributed by atoms with E-state index < -0.39 is 0 Å². The lowest BCUT2D eigenvalue weighted by molar-refractivity contribution is 0.158. The molecule has 0 aromatic heterocycles. The lowest BCUT2D eigenvalue weighted by Gasteiger charge is -2.30. The predicted octanol–water partition coefficient (Wildman–Crippen LogP) is 7.96. The largest absolute Gasteiger partial charge is 0.507 e. The number of ether oxygens (including phenoxy) is 1. The number of hydrogen-bond donors (Lipinski definition) is 1. The Balaban J connectivity index is 1.58. The molecule has 1 aliphatic rings. The first-order valence-corrected chi connectivity index (χ1v) is 11.9. The smallest absolute Gasteiger partial charge is 0.126 e. The van der Waals surface area contributed by atoms with E-state index in [1.165, 1.54) is 76.2 Å². The van der Waals surface area contributed by atoms with E-state index in [0.29, 0.717) is 11.9 Å². The Morgan fingerprint density at radius 1 is 0.821 bits per heavy atom. The van der Waals surface area contributed by atoms with Crippen LogP contribution in [0.5, 0.6) is 11.5 Å². The van der Waals surface area contributed by atoms with Crippen molar-refractivity contribution < 1.29 is 9.84 Å². The number of fused-ring (bicyclic) bond motifs is 1. The minimum absolute atomic E-state index is 0.357. The topological polar surface area (TPSA) is 29.5 Å². The van der Waals surface area contributed by atoms with Crippen LogP contribution in [-0.2, 0) is 6.42 Å². The van der Waals surface area contributed by atoms with Gasteiger partial charge in [-0.3, -0.25) is 0 Å². The second kappa shape index (κ2) is 11.7. The van der Waals surface area contributed by atoms with Crippen LogP contribution in [0.2, 0.25) is 0 Å². The molecule has 0 aliphatic carbocycles. The van der Waals surface area contributed by atoms with Crippen molar-refractivity contribution in [2.45, 2.75) is 124 Å². The van der Waals surface area contributed by atoms with Gasteiger partial charge < -0.3 is 9.84 Å². The van der Waals surface area contributed by atoms with Crippen molar-refractivity contribution in [3.8, 4) is 11.5 Å². The zero-order chi connectivity index (χ0) is 20.5. The summed E-state index contributed by atoms with van der Waals surface area (Å²) in [6.07, 6.45) is 17.6. The molecule has 0 radical (unpaired) electrons. The molecule has 1 atom stereocenters. The third-order valence-corrected chi connectivity index (χ3v) is 6.65. The lowest BCUT2D eigenvalue weighted by atomic mass is 9.90. The van der Waals surface area contributed by atoms with E-state index in [4.69, 9.17) is 4.74 Å². The molecule has 0 saturated carbocycles. The van der Waals surface area contributed by atoms with Crippen LogP contribution in [0.15, 0.2) is 0 Å². The van der Waals surface area contributed by atoms with E-state index in [2.05, 4.69) is 20.8 Å². The van der Waals surface area contributed by atoms with Crippen LogP contribution in [-0.4, -0.2) is 11.2 Å². The third kappa shape index (κ3) is 6.71. The molecule has 1 aromatic rings. The highest BCUT2D eigenvalue weighted by Crippen LogP contribution is 2.41. The SMILES string of the molecule is Cc1c(C)c2c(c(C)c1O)CC[C@@H](CCCCCCCCCCCC(C)C)O2. The van der Waals surface area contributed by atoms with E-state index in [1.807, 2.05) is 13.8 Å². The molecule has 2 heteroatoms. The zero-order valence-electron chi connectivity index (χ0n) is 19.2. The summed E-state index contributed by atoms with van der Waals surface area (Å²) in [6, 6.07) is 0. The van der Waals surface area contributed by atoms with Gasteiger partial charge in [-0.1, -0.05) is 71.6 Å².